The number of aliphatic imine (C=N–C) groups is 1. The molecule has 1 N–H and O–H groups in total. The summed E-state index contributed by atoms with van der Waals surface area (Å²) in [5.74, 6) is 0.997. The van der Waals surface area contributed by atoms with Crippen molar-refractivity contribution >= 4 is 39.8 Å². The molecule has 0 atom stereocenters. The van der Waals surface area contributed by atoms with Gasteiger partial charge in [-0.25, -0.2) is 8.42 Å². The minimum Gasteiger partial charge on any atom is -0.357 e. The first-order chi connectivity index (χ1) is 11.3. The van der Waals surface area contributed by atoms with Crippen molar-refractivity contribution in [3.8, 4) is 0 Å². The number of rotatable bonds is 4. The van der Waals surface area contributed by atoms with Gasteiger partial charge in [0.05, 0.1) is 10.5 Å². The number of aryl methyl sites for hydroxylation is 1. The number of sulfone groups is 1. The van der Waals surface area contributed by atoms with Crippen molar-refractivity contribution in [1.82, 2.24) is 10.2 Å². The lowest BCUT2D eigenvalue weighted by atomic mass is 10.1. The van der Waals surface area contributed by atoms with Crippen LogP contribution < -0.4 is 5.32 Å². The summed E-state index contributed by atoms with van der Waals surface area (Å²) in [6.07, 6.45) is 0.886. The zero-order chi connectivity index (χ0) is 17.8. The van der Waals surface area contributed by atoms with Gasteiger partial charge < -0.3 is 10.2 Å². The minimum absolute atomic E-state index is 0. The SMILES string of the molecule is CCNC(=NCCc1ccccc1C)N1CCS(=O)(=O)C(C)(C)C1.I. The maximum atomic E-state index is 12.2. The van der Waals surface area contributed by atoms with Crippen LogP contribution in [0.25, 0.3) is 0 Å². The lowest BCUT2D eigenvalue weighted by molar-refractivity contribution is 0.353. The normalized spacial score (nSPS) is 19.2. The topological polar surface area (TPSA) is 61.8 Å². The third-order valence-corrected chi connectivity index (χ3v) is 7.11. The highest BCUT2D eigenvalue weighted by Gasteiger charge is 2.40. The summed E-state index contributed by atoms with van der Waals surface area (Å²) in [5.41, 5.74) is 2.58. The molecule has 0 unspecified atom stereocenters. The molecule has 0 saturated carbocycles. The number of hydrogen-bond donors (Lipinski definition) is 1. The summed E-state index contributed by atoms with van der Waals surface area (Å²) in [6, 6.07) is 8.34. The van der Waals surface area contributed by atoms with Gasteiger partial charge in [0.1, 0.15) is 0 Å². The largest absolute Gasteiger partial charge is 0.357 e. The number of benzene rings is 1. The fourth-order valence-electron chi connectivity index (χ4n) is 2.92. The number of nitrogens with zero attached hydrogens (tertiary/aromatic N) is 2. The Kier molecular flexibility index (Phi) is 8.18. The van der Waals surface area contributed by atoms with Crippen molar-refractivity contribution in [2.45, 2.75) is 38.9 Å². The molecular formula is C18H30IN3O2S. The smallest absolute Gasteiger partial charge is 0.194 e. The maximum Gasteiger partial charge on any atom is 0.194 e. The minimum atomic E-state index is -3.04. The first-order valence-corrected chi connectivity index (χ1v) is 10.2. The summed E-state index contributed by atoms with van der Waals surface area (Å²) >= 11 is 0. The van der Waals surface area contributed by atoms with E-state index in [1.54, 1.807) is 13.8 Å². The van der Waals surface area contributed by atoms with Gasteiger partial charge in [-0.1, -0.05) is 24.3 Å². The van der Waals surface area contributed by atoms with Crippen molar-refractivity contribution in [1.29, 1.82) is 0 Å². The van der Waals surface area contributed by atoms with Crippen molar-refractivity contribution < 1.29 is 8.42 Å². The first kappa shape index (κ1) is 22.2. The Labute approximate surface area is 169 Å². The lowest BCUT2D eigenvalue weighted by Gasteiger charge is -2.39. The van der Waals surface area contributed by atoms with Crippen LogP contribution in [-0.4, -0.2) is 56.0 Å². The first-order valence-electron chi connectivity index (χ1n) is 8.57. The van der Waals surface area contributed by atoms with Crippen LogP contribution in [0.5, 0.6) is 0 Å². The molecule has 1 aliphatic heterocycles. The molecule has 5 nitrogen and oxygen atoms in total. The van der Waals surface area contributed by atoms with Gasteiger partial charge in [-0.3, -0.25) is 4.99 Å². The molecule has 1 saturated heterocycles. The molecular weight excluding hydrogens is 449 g/mol. The zero-order valence-electron chi connectivity index (χ0n) is 15.6. The lowest BCUT2D eigenvalue weighted by Crippen LogP contribution is -2.57. The average Bonchev–Trinajstić information content (AvgIpc) is 2.51. The molecule has 0 radical (unpaired) electrons. The summed E-state index contributed by atoms with van der Waals surface area (Å²) < 4.78 is 23.6. The van der Waals surface area contributed by atoms with E-state index in [2.05, 4.69) is 35.3 Å². The van der Waals surface area contributed by atoms with E-state index >= 15 is 0 Å². The van der Waals surface area contributed by atoms with Crippen molar-refractivity contribution in [3.05, 3.63) is 35.4 Å². The molecule has 25 heavy (non-hydrogen) atoms. The molecule has 142 valence electrons. The molecule has 1 aliphatic rings. The van der Waals surface area contributed by atoms with Gasteiger partial charge in [-0.15, -0.1) is 24.0 Å². The third kappa shape index (κ3) is 5.57. The number of halogens is 1. The molecule has 7 heteroatoms. The van der Waals surface area contributed by atoms with E-state index in [1.807, 2.05) is 13.0 Å². The Balaban J connectivity index is 0.00000312. The second-order valence-corrected chi connectivity index (χ2v) is 9.66. The summed E-state index contributed by atoms with van der Waals surface area (Å²) in [4.78, 5) is 6.80. The highest BCUT2D eigenvalue weighted by molar-refractivity contribution is 14.0. The second-order valence-electron chi connectivity index (χ2n) is 6.91. The molecule has 1 aromatic carbocycles. The molecule has 0 aromatic heterocycles. The van der Waals surface area contributed by atoms with Crippen molar-refractivity contribution in [3.63, 3.8) is 0 Å². The van der Waals surface area contributed by atoms with Gasteiger partial charge in [0.15, 0.2) is 15.8 Å². The quantitative estimate of drug-likeness (QED) is 0.410. The van der Waals surface area contributed by atoms with Crippen LogP contribution in [0.4, 0.5) is 0 Å². The number of hydrogen-bond acceptors (Lipinski definition) is 3. The van der Waals surface area contributed by atoms with E-state index in [-0.39, 0.29) is 29.7 Å². The van der Waals surface area contributed by atoms with E-state index < -0.39 is 14.6 Å². The number of nitrogens with one attached hydrogen (secondary N) is 1. The van der Waals surface area contributed by atoms with E-state index in [0.29, 0.717) is 19.6 Å². The Hall–Kier alpha value is -0.830. The predicted octanol–water partition coefficient (Wildman–Crippen LogP) is 2.63. The van der Waals surface area contributed by atoms with Crippen LogP contribution in [0.1, 0.15) is 31.9 Å². The molecule has 0 amide bonds. The van der Waals surface area contributed by atoms with Gasteiger partial charge in [0.25, 0.3) is 0 Å². The zero-order valence-corrected chi connectivity index (χ0v) is 18.7. The van der Waals surface area contributed by atoms with E-state index in [4.69, 9.17) is 4.99 Å². The van der Waals surface area contributed by atoms with E-state index in [0.717, 1.165) is 18.9 Å². The molecule has 1 aromatic rings. The Morgan fingerprint density at radius 2 is 2.00 bits per heavy atom. The van der Waals surface area contributed by atoms with Gasteiger partial charge in [-0.2, -0.15) is 0 Å². The van der Waals surface area contributed by atoms with Crippen LogP contribution in [-0.2, 0) is 16.3 Å². The van der Waals surface area contributed by atoms with Crippen LogP contribution in [0.2, 0.25) is 0 Å². The Morgan fingerprint density at radius 3 is 2.60 bits per heavy atom. The van der Waals surface area contributed by atoms with Gasteiger partial charge in [0, 0.05) is 26.2 Å². The fourth-order valence-corrected chi connectivity index (χ4v) is 4.29. The third-order valence-electron chi connectivity index (χ3n) is 4.58. The average molecular weight is 479 g/mol. The predicted molar refractivity (Wildman–Crippen MR) is 116 cm³/mol. The van der Waals surface area contributed by atoms with Crippen molar-refractivity contribution in [2.24, 2.45) is 4.99 Å². The maximum absolute atomic E-state index is 12.2. The van der Waals surface area contributed by atoms with E-state index in [9.17, 15) is 8.42 Å². The fraction of sp³-hybridized carbons (Fsp3) is 0.611. The summed E-state index contributed by atoms with van der Waals surface area (Å²) in [7, 11) is -3.04. The molecule has 0 bridgehead atoms. The van der Waals surface area contributed by atoms with Gasteiger partial charge >= 0.3 is 0 Å². The molecule has 0 aliphatic carbocycles. The van der Waals surface area contributed by atoms with Crippen LogP contribution >= 0.6 is 24.0 Å². The molecule has 2 rings (SSSR count). The monoisotopic (exact) mass is 479 g/mol. The highest BCUT2D eigenvalue weighted by atomic mass is 127. The Morgan fingerprint density at radius 1 is 1.32 bits per heavy atom. The van der Waals surface area contributed by atoms with Crippen LogP contribution in [0.3, 0.4) is 0 Å². The van der Waals surface area contributed by atoms with Gasteiger partial charge in [0.2, 0.25) is 0 Å². The number of guanidine groups is 1. The molecule has 1 fully saturated rings. The van der Waals surface area contributed by atoms with Crippen molar-refractivity contribution in [2.75, 3.05) is 31.9 Å². The van der Waals surface area contributed by atoms with Crippen LogP contribution in [0, 0.1) is 6.92 Å². The molecule has 1 heterocycles. The standard InChI is InChI=1S/C18H29N3O2S.HI/c1-5-19-17(20-11-10-16-9-7-6-8-15(16)2)21-12-13-24(22,23)18(3,4)14-21;/h6-9H,5,10-14H2,1-4H3,(H,19,20);1H. The summed E-state index contributed by atoms with van der Waals surface area (Å²) in [6.45, 7) is 10.2. The van der Waals surface area contributed by atoms with E-state index in [1.165, 1.54) is 11.1 Å². The highest BCUT2D eigenvalue weighted by Crippen LogP contribution is 2.23. The van der Waals surface area contributed by atoms with Crippen LogP contribution in [0.15, 0.2) is 29.3 Å². The van der Waals surface area contributed by atoms with Gasteiger partial charge in [-0.05, 0) is 45.2 Å². The Bertz CT molecular complexity index is 702. The summed E-state index contributed by atoms with van der Waals surface area (Å²) in [5, 5.41) is 3.30. The molecule has 0 spiro atoms. The second kappa shape index (κ2) is 9.21.